The molecule has 0 N–H and O–H groups in total. The smallest absolute Gasteiger partial charge is 0.166 e. The molecular formula is C25H23N3O3. The maximum absolute atomic E-state index is 13.0. The Morgan fingerprint density at radius 1 is 1.03 bits per heavy atom. The Hall–Kier alpha value is -3.51. The number of ketones is 1. The van der Waals surface area contributed by atoms with Crippen LogP contribution < -0.4 is 4.74 Å². The van der Waals surface area contributed by atoms with E-state index in [9.17, 15) is 4.79 Å². The Bertz CT molecular complexity index is 1250. The number of rotatable bonds is 5. The molecule has 0 amide bonds. The quantitative estimate of drug-likeness (QED) is 0.483. The minimum absolute atomic E-state index is 0.0896. The summed E-state index contributed by atoms with van der Waals surface area (Å²) in [5, 5.41) is 4.84. The predicted molar refractivity (Wildman–Crippen MR) is 118 cm³/mol. The van der Waals surface area contributed by atoms with E-state index in [1.165, 1.54) is 0 Å². The van der Waals surface area contributed by atoms with Crippen LogP contribution in [0.15, 0.2) is 60.8 Å². The van der Waals surface area contributed by atoms with E-state index in [1.54, 1.807) is 20.4 Å². The molecule has 4 aromatic rings. The molecule has 0 spiro atoms. The van der Waals surface area contributed by atoms with Crippen molar-refractivity contribution >= 4 is 11.4 Å². The highest BCUT2D eigenvalue weighted by Gasteiger charge is 2.30. The van der Waals surface area contributed by atoms with E-state index in [-0.39, 0.29) is 11.7 Å². The molecule has 1 aliphatic rings. The summed E-state index contributed by atoms with van der Waals surface area (Å²) in [6.07, 6.45) is 2.89. The summed E-state index contributed by atoms with van der Waals surface area (Å²) in [6, 6.07) is 18.0. The molecule has 0 bridgehead atoms. The fourth-order valence-electron chi connectivity index (χ4n) is 4.39. The van der Waals surface area contributed by atoms with Crippen molar-refractivity contribution in [1.29, 1.82) is 0 Å². The van der Waals surface area contributed by atoms with Gasteiger partial charge in [0.05, 0.1) is 36.2 Å². The van der Waals surface area contributed by atoms with Crippen molar-refractivity contribution in [2.24, 2.45) is 0 Å². The van der Waals surface area contributed by atoms with E-state index in [1.807, 2.05) is 59.1 Å². The zero-order chi connectivity index (χ0) is 21.4. The van der Waals surface area contributed by atoms with Crippen LogP contribution in [-0.4, -0.2) is 34.6 Å². The van der Waals surface area contributed by atoms with Gasteiger partial charge in [-0.1, -0.05) is 42.5 Å². The molecule has 0 radical (unpaired) electrons. The van der Waals surface area contributed by atoms with Crippen LogP contribution in [0.1, 0.15) is 39.6 Å². The van der Waals surface area contributed by atoms with Crippen LogP contribution in [0.4, 0.5) is 0 Å². The number of hydrogen-bond donors (Lipinski definition) is 0. The van der Waals surface area contributed by atoms with E-state index in [0.29, 0.717) is 18.6 Å². The van der Waals surface area contributed by atoms with E-state index in [0.717, 1.165) is 45.9 Å². The normalized spacial score (nSPS) is 15.8. The number of Topliss-reactive ketones (excluding diaryl/α,β-unsaturated/α-hetero) is 1. The maximum atomic E-state index is 13.0. The van der Waals surface area contributed by atoms with Crippen LogP contribution in [0, 0.1) is 0 Å². The first kappa shape index (κ1) is 19.5. The van der Waals surface area contributed by atoms with E-state index in [4.69, 9.17) is 14.6 Å². The van der Waals surface area contributed by atoms with Gasteiger partial charge in [-0.25, -0.2) is 9.50 Å². The van der Waals surface area contributed by atoms with Crippen molar-refractivity contribution in [3.05, 3.63) is 83.3 Å². The summed E-state index contributed by atoms with van der Waals surface area (Å²) in [4.78, 5) is 17.6. The molecule has 1 aliphatic carbocycles. The second kappa shape index (κ2) is 7.96. The van der Waals surface area contributed by atoms with Crippen molar-refractivity contribution in [1.82, 2.24) is 14.6 Å². The number of hydrogen-bond acceptors (Lipinski definition) is 5. The number of nitrogens with zero attached hydrogens (tertiary/aromatic N) is 3. The highest BCUT2D eigenvalue weighted by atomic mass is 16.5. The van der Waals surface area contributed by atoms with Gasteiger partial charge in [0, 0.05) is 19.7 Å². The summed E-state index contributed by atoms with van der Waals surface area (Å²) in [7, 11) is 3.31. The summed E-state index contributed by atoms with van der Waals surface area (Å²) < 4.78 is 12.5. The zero-order valence-corrected chi connectivity index (χ0v) is 17.5. The van der Waals surface area contributed by atoms with E-state index >= 15 is 0 Å². The number of benzene rings is 2. The van der Waals surface area contributed by atoms with Gasteiger partial charge >= 0.3 is 0 Å². The van der Waals surface area contributed by atoms with Crippen LogP contribution in [0.25, 0.3) is 16.8 Å². The van der Waals surface area contributed by atoms with E-state index in [2.05, 4.69) is 4.98 Å². The van der Waals surface area contributed by atoms with Gasteiger partial charge in [-0.05, 0) is 35.6 Å². The van der Waals surface area contributed by atoms with Gasteiger partial charge in [0.1, 0.15) is 5.75 Å². The highest BCUT2D eigenvalue weighted by molar-refractivity contribution is 5.99. The molecule has 5 rings (SSSR count). The fourth-order valence-corrected chi connectivity index (χ4v) is 4.39. The highest BCUT2D eigenvalue weighted by Crippen LogP contribution is 2.36. The third kappa shape index (κ3) is 3.39. The minimum atomic E-state index is 0.0896. The number of aromatic nitrogens is 3. The lowest BCUT2D eigenvalue weighted by Gasteiger charge is -2.24. The lowest BCUT2D eigenvalue weighted by atomic mass is 9.82. The first-order chi connectivity index (χ1) is 15.2. The molecule has 0 saturated heterocycles. The number of ether oxygens (including phenoxy) is 2. The molecule has 31 heavy (non-hydrogen) atoms. The van der Waals surface area contributed by atoms with Crippen molar-refractivity contribution in [3.8, 4) is 16.9 Å². The number of carbonyl (C=O) groups is 1. The summed E-state index contributed by atoms with van der Waals surface area (Å²) >= 11 is 0. The molecule has 0 unspecified atom stereocenters. The Kier molecular flexibility index (Phi) is 5.00. The fraction of sp³-hybridized carbons (Fsp3) is 0.240. The first-order valence-corrected chi connectivity index (χ1v) is 10.3. The first-order valence-electron chi connectivity index (χ1n) is 10.3. The summed E-state index contributed by atoms with van der Waals surface area (Å²) in [6.45, 7) is 0.373. The molecule has 6 nitrogen and oxygen atoms in total. The Labute approximate surface area is 180 Å². The third-order valence-corrected chi connectivity index (χ3v) is 5.92. The Morgan fingerprint density at radius 3 is 2.52 bits per heavy atom. The predicted octanol–water partition coefficient (Wildman–Crippen LogP) is 4.46. The minimum Gasteiger partial charge on any atom is -0.497 e. The number of fused-ring (bicyclic) bond motifs is 3. The average molecular weight is 413 g/mol. The topological polar surface area (TPSA) is 65.7 Å². The van der Waals surface area contributed by atoms with Crippen molar-refractivity contribution in [2.75, 3.05) is 14.2 Å². The molecule has 1 atom stereocenters. The van der Waals surface area contributed by atoms with Gasteiger partial charge in [0.2, 0.25) is 0 Å². The SMILES string of the molecule is COCc1nn2c3c(cnc2c1-c1ccccc1)C(=O)C[C@H](c1ccc(OC)cc1)C3. The van der Waals surface area contributed by atoms with Gasteiger partial charge in [-0.2, -0.15) is 5.10 Å². The Morgan fingerprint density at radius 2 is 1.81 bits per heavy atom. The second-order valence-corrected chi connectivity index (χ2v) is 7.78. The standard InChI is InChI=1S/C25H23N3O3/c1-30-15-21-24(17-6-4-3-5-7-17)25-26-14-20-22(28(25)27-21)12-18(13-23(20)29)16-8-10-19(31-2)11-9-16/h3-11,14,18H,12-13,15H2,1-2H3/t18-/m1/s1. The second-order valence-electron chi connectivity index (χ2n) is 7.78. The van der Waals surface area contributed by atoms with Crippen LogP contribution in [-0.2, 0) is 17.8 Å². The summed E-state index contributed by atoms with van der Waals surface area (Å²) in [5.41, 5.74) is 6.23. The van der Waals surface area contributed by atoms with Crippen LogP contribution >= 0.6 is 0 Å². The number of methoxy groups -OCH3 is 2. The zero-order valence-electron chi connectivity index (χ0n) is 17.5. The molecule has 2 aromatic carbocycles. The molecular weight excluding hydrogens is 390 g/mol. The van der Waals surface area contributed by atoms with Gasteiger partial charge in [-0.15, -0.1) is 0 Å². The van der Waals surface area contributed by atoms with Crippen molar-refractivity contribution in [3.63, 3.8) is 0 Å². The summed E-state index contributed by atoms with van der Waals surface area (Å²) in [5.74, 6) is 0.995. The van der Waals surface area contributed by atoms with Gasteiger partial charge in [0.15, 0.2) is 11.4 Å². The number of carbonyl (C=O) groups excluding carboxylic acids is 1. The molecule has 0 saturated carbocycles. The Balaban J connectivity index is 1.64. The van der Waals surface area contributed by atoms with Crippen LogP contribution in [0.3, 0.4) is 0 Å². The van der Waals surface area contributed by atoms with Gasteiger partial charge in [0.25, 0.3) is 0 Å². The van der Waals surface area contributed by atoms with Crippen LogP contribution in [0.2, 0.25) is 0 Å². The molecule has 0 fully saturated rings. The molecule has 2 aromatic heterocycles. The van der Waals surface area contributed by atoms with Crippen molar-refractivity contribution < 1.29 is 14.3 Å². The maximum Gasteiger partial charge on any atom is 0.166 e. The van der Waals surface area contributed by atoms with Crippen LogP contribution in [0.5, 0.6) is 5.75 Å². The lowest BCUT2D eigenvalue weighted by Crippen LogP contribution is -2.22. The van der Waals surface area contributed by atoms with Gasteiger partial charge in [-0.3, -0.25) is 4.79 Å². The molecule has 2 heterocycles. The lowest BCUT2D eigenvalue weighted by molar-refractivity contribution is 0.0962. The van der Waals surface area contributed by atoms with Gasteiger partial charge < -0.3 is 9.47 Å². The molecule has 156 valence electrons. The average Bonchev–Trinajstić information content (AvgIpc) is 3.18. The molecule has 6 heteroatoms. The third-order valence-electron chi connectivity index (χ3n) is 5.92. The van der Waals surface area contributed by atoms with E-state index < -0.39 is 0 Å². The monoisotopic (exact) mass is 413 g/mol. The molecule has 0 aliphatic heterocycles. The van der Waals surface area contributed by atoms with Crippen molar-refractivity contribution in [2.45, 2.75) is 25.4 Å². The largest absolute Gasteiger partial charge is 0.497 e.